The molecule has 0 aliphatic heterocycles. The minimum atomic E-state index is -0.118. The maximum absolute atomic E-state index is 12.5. The third kappa shape index (κ3) is 2.71. The average Bonchev–Trinajstić information content (AvgIpc) is 2.57. The van der Waals surface area contributed by atoms with Crippen molar-refractivity contribution < 1.29 is 14.4 Å². The van der Waals surface area contributed by atoms with Crippen LogP contribution in [0.4, 0.5) is 0 Å². The molecule has 0 aliphatic rings. The van der Waals surface area contributed by atoms with E-state index in [-0.39, 0.29) is 23.8 Å². The smallest absolute Gasteiger partial charge is 0.163 e. The van der Waals surface area contributed by atoms with Crippen LogP contribution in [0, 0.1) is 6.07 Å². The largest absolute Gasteiger partial charge is 0.294 e. The molecule has 0 saturated carbocycles. The normalized spacial score (nSPS) is 10.7. The highest BCUT2D eigenvalue weighted by Gasteiger charge is 2.21. The summed E-state index contributed by atoms with van der Waals surface area (Å²) < 4.78 is 0. The van der Waals surface area contributed by atoms with Crippen LogP contribution in [0.1, 0.15) is 71.1 Å². The number of hydrogen-bond donors (Lipinski definition) is 0. The van der Waals surface area contributed by atoms with Gasteiger partial charge in [0.1, 0.15) is 0 Å². The Morgan fingerprint density at radius 1 is 0.864 bits per heavy atom. The van der Waals surface area contributed by atoms with Crippen molar-refractivity contribution in [3.8, 4) is 0 Å². The molecule has 0 aromatic heterocycles. The molecule has 0 atom stereocenters. The Morgan fingerprint density at radius 3 is 2.05 bits per heavy atom. The van der Waals surface area contributed by atoms with Crippen LogP contribution in [0.5, 0.6) is 0 Å². The molecule has 0 spiro atoms. The molecule has 1 radical (unpaired) electrons. The summed E-state index contributed by atoms with van der Waals surface area (Å²) in [4.78, 5) is 36.9. The summed E-state index contributed by atoms with van der Waals surface area (Å²) in [6.07, 6.45) is 0.954. The second-order valence-corrected chi connectivity index (χ2v) is 5.14. The fourth-order valence-electron chi connectivity index (χ4n) is 2.60. The molecule has 0 bridgehead atoms. The molecule has 113 valence electrons. The SMILES string of the molecule is CCC(=O)c1c[c]c2cccc(C(=O)CC)c2c1C(=O)CC. The summed E-state index contributed by atoms with van der Waals surface area (Å²) in [7, 11) is 0. The van der Waals surface area contributed by atoms with Crippen LogP contribution in [0.25, 0.3) is 10.8 Å². The van der Waals surface area contributed by atoms with Gasteiger partial charge in [-0.15, -0.1) is 0 Å². The van der Waals surface area contributed by atoms with Gasteiger partial charge >= 0.3 is 0 Å². The first-order valence-electron chi connectivity index (χ1n) is 7.62. The third-order valence-electron chi connectivity index (χ3n) is 3.80. The summed E-state index contributed by atoms with van der Waals surface area (Å²) in [5.74, 6) is -0.258. The zero-order valence-corrected chi connectivity index (χ0v) is 13.2. The van der Waals surface area contributed by atoms with Crippen molar-refractivity contribution in [1.29, 1.82) is 0 Å². The number of hydrogen-bond acceptors (Lipinski definition) is 3. The van der Waals surface area contributed by atoms with Gasteiger partial charge < -0.3 is 0 Å². The van der Waals surface area contributed by atoms with Crippen LogP contribution in [-0.2, 0) is 0 Å². The van der Waals surface area contributed by atoms with E-state index in [0.717, 1.165) is 0 Å². The Morgan fingerprint density at radius 2 is 1.45 bits per heavy atom. The van der Waals surface area contributed by atoms with E-state index in [1.165, 1.54) is 0 Å². The van der Waals surface area contributed by atoms with E-state index in [9.17, 15) is 14.4 Å². The second-order valence-electron chi connectivity index (χ2n) is 5.14. The summed E-state index contributed by atoms with van der Waals surface area (Å²) >= 11 is 0. The first-order valence-corrected chi connectivity index (χ1v) is 7.62. The minimum Gasteiger partial charge on any atom is -0.294 e. The Labute approximate surface area is 130 Å². The first-order chi connectivity index (χ1) is 10.5. The van der Waals surface area contributed by atoms with Crippen molar-refractivity contribution in [3.05, 3.63) is 47.0 Å². The van der Waals surface area contributed by atoms with Crippen molar-refractivity contribution in [2.24, 2.45) is 0 Å². The molecule has 3 nitrogen and oxygen atoms in total. The van der Waals surface area contributed by atoms with Crippen LogP contribution in [0.15, 0.2) is 24.3 Å². The van der Waals surface area contributed by atoms with Crippen molar-refractivity contribution in [2.75, 3.05) is 0 Å². The van der Waals surface area contributed by atoms with Gasteiger partial charge in [0.25, 0.3) is 0 Å². The average molecular weight is 295 g/mol. The lowest BCUT2D eigenvalue weighted by atomic mass is 9.88. The van der Waals surface area contributed by atoms with Crippen molar-refractivity contribution in [1.82, 2.24) is 0 Å². The van der Waals surface area contributed by atoms with E-state index >= 15 is 0 Å². The quantitative estimate of drug-likeness (QED) is 0.741. The molecule has 22 heavy (non-hydrogen) atoms. The van der Waals surface area contributed by atoms with Crippen LogP contribution in [-0.4, -0.2) is 17.3 Å². The van der Waals surface area contributed by atoms with E-state index in [4.69, 9.17) is 0 Å². The summed E-state index contributed by atoms with van der Waals surface area (Å²) in [6.45, 7) is 5.30. The molecule has 0 aliphatic carbocycles. The summed E-state index contributed by atoms with van der Waals surface area (Å²) in [6, 6.07) is 9.94. The van der Waals surface area contributed by atoms with E-state index in [1.807, 2.05) is 6.07 Å². The van der Waals surface area contributed by atoms with Gasteiger partial charge in [-0.3, -0.25) is 14.4 Å². The second kappa shape index (κ2) is 6.65. The molecule has 0 fully saturated rings. The molecular formula is C19H19O3. The standard InChI is InChI=1S/C19H19O3/c1-4-15(20)13-9-7-8-12-10-11-14(16(21)5-2)19(18(12)13)17(22)6-3/h7-9,11H,4-6H2,1-3H3. The van der Waals surface area contributed by atoms with E-state index in [2.05, 4.69) is 6.07 Å². The molecule has 0 unspecified atom stereocenters. The highest BCUT2D eigenvalue weighted by Crippen LogP contribution is 2.28. The molecule has 2 rings (SSSR count). The predicted octanol–water partition coefficient (Wildman–Crippen LogP) is 4.42. The number of carbonyl (C=O) groups excluding carboxylic acids is 3. The minimum absolute atomic E-state index is 0.0368. The Kier molecular flexibility index (Phi) is 4.86. The number of ketones is 3. The van der Waals surface area contributed by atoms with E-state index in [0.29, 0.717) is 40.3 Å². The van der Waals surface area contributed by atoms with E-state index in [1.54, 1.807) is 39.0 Å². The lowest BCUT2D eigenvalue weighted by Crippen LogP contribution is -2.11. The predicted molar refractivity (Wildman–Crippen MR) is 86.6 cm³/mol. The third-order valence-corrected chi connectivity index (χ3v) is 3.80. The number of carbonyl (C=O) groups is 3. The Bertz CT molecular complexity index is 757. The maximum Gasteiger partial charge on any atom is 0.163 e. The first kappa shape index (κ1) is 16.1. The van der Waals surface area contributed by atoms with Gasteiger partial charge in [0, 0.05) is 41.3 Å². The van der Waals surface area contributed by atoms with Gasteiger partial charge in [-0.25, -0.2) is 0 Å². The number of Topliss-reactive ketones (excluding diaryl/α,β-unsaturated/α-hetero) is 3. The number of fused-ring (bicyclic) bond motifs is 1. The van der Waals surface area contributed by atoms with Crippen LogP contribution in [0.3, 0.4) is 0 Å². The van der Waals surface area contributed by atoms with Crippen molar-refractivity contribution in [3.63, 3.8) is 0 Å². The molecule has 0 saturated heterocycles. The fourth-order valence-corrected chi connectivity index (χ4v) is 2.60. The molecule has 3 heteroatoms. The van der Waals surface area contributed by atoms with Gasteiger partial charge in [-0.1, -0.05) is 39.0 Å². The zero-order valence-electron chi connectivity index (χ0n) is 13.2. The van der Waals surface area contributed by atoms with Crippen LogP contribution in [0.2, 0.25) is 0 Å². The number of benzene rings is 2. The molecule has 0 N–H and O–H groups in total. The highest BCUT2D eigenvalue weighted by molar-refractivity contribution is 6.21. The molecule has 0 amide bonds. The topological polar surface area (TPSA) is 51.2 Å². The maximum atomic E-state index is 12.5. The molecule has 0 heterocycles. The molecular weight excluding hydrogens is 276 g/mol. The molecule has 2 aromatic carbocycles. The highest BCUT2D eigenvalue weighted by atomic mass is 16.1. The van der Waals surface area contributed by atoms with E-state index < -0.39 is 0 Å². The summed E-state index contributed by atoms with van der Waals surface area (Å²) in [5.41, 5.74) is 1.25. The Hall–Kier alpha value is -2.29. The van der Waals surface area contributed by atoms with Gasteiger partial charge in [-0.05, 0) is 17.5 Å². The van der Waals surface area contributed by atoms with Gasteiger partial charge in [0.05, 0.1) is 0 Å². The van der Waals surface area contributed by atoms with Gasteiger partial charge in [-0.2, -0.15) is 0 Å². The lowest BCUT2D eigenvalue weighted by Gasteiger charge is -2.13. The zero-order chi connectivity index (χ0) is 16.3. The van der Waals surface area contributed by atoms with Crippen LogP contribution < -0.4 is 0 Å². The van der Waals surface area contributed by atoms with Crippen molar-refractivity contribution >= 4 is 28.1 Å². The lowest BCUT2D eigenvalue weighted by molar-refractivity contribution is 0.0956. The molecule has 2 aromatic rings. The van der Waals surface area contributed by atoms with Gasteiger partial charge in [0.2, 0.25) is 0 Å². The fraction of sp³-hybridized carbons (Fsp3) is 0.316. The van der Waals surface area contributed by atoms with Gasteiger partial charge in [0.15, 0.2) is 17.3 Å². The van der Waals surface area contributed by atoms with Crippen molar-refractivity contribution in [2.45, 2.75) is 40.0 Å². The Balaban J connectivity index is 2.93. The monoisotopic (exact) mass is 295 g/mol. The van der Waals surface area contributed by atoms with Crippen LogP contribution >= 0.6 is 0 Å². The summed E-state index contributed by atoms with van der Waals surface area (Å²) in [5, 5.41) is 1.27. The number of rotatable bonds is 6.